The van der Waals surface area contributed by atoms with E-state index in [-0.39, 0.29) is 11.1 Å². The molecule has 0 radical (unpaired) electrons. The Bertz CT molecular complexity index is 1500. The SMILES string of the molecule is C\N=C(/N=C(\N=C\c1ccccc1)c1ccccc1)c1ccc(-c2cc(C#N)c(F)c(C#N)c2)cc1. The molecule has 0 atom stereocenters. The molecule has 36 heavy (non-hydrogen) atoms. The largest absolute Gasteiger partial charge is 0.270 e. The summed E-state index contributed by atoms with van der Waals surface area (Å²) in [7, 11) is 1.66. The van der Waals surface area contributed by atoms with Crippen molar-refractivity contribution in [3.05, 3.63) is 131 Å². The molecular formula is C30H20FN5. The molecule has 172 valence electrons. The van der Waals surface area contributed by atoms with Crippen LogP contribution in [0.25, 0.3) is 11.1 Å². The zero-order valence-electron chi connectivity index (χ0n) is 19.4. The first-order valence-corrected chi connectivity index (χ1v) is 11.1. The van der Waals surface area contributed by atoms with Crippen LogP contribution in [0.2, 0.25) is 0 Å². The first-order chi connectivity index (χ1) is 17.6. The summed E-state index contributed by atoms with van der Waals surface area (Å²) >= 11 is 0. The minimum absolute atomic E-state index is 0.169. The molecule has 4 aromatic carbocycles. The lowest BCUT2D eigenvalue weighted by molar-refractivity contribution is 0.620. The van der Waals surface area contributed by atoms with Crippen LogP contribution in [0.15, 0.2) is 112 Å². The predicted molar refractivity (Wildman–Crippen MR) is 141 cm³/mol. The summed E-state index contributed by atoms with van der Waals surface area (Å²) in [5.41, 5.74) is 3.53. The summed E-state index contributed by atoms with van der Waals surface area (Å²) in [5, 5.41) is 18.4. The lowest BCUT2D eigenvalue weighted by atomic mass is 9.99. The van der Waals surface area contributed by atoms with E-state index in [4.69, 9.17) is 4.99 Å². The third kappa shape index (κ3) is 5.47. The Labute approximate surface area is 208 Å². The molecule has 0 saturated carbocycles. The van der Waals surface area contributed by atoms with E-state index in [2.05, 4.69) is 9.98 Å². The molecule has 0 spiro atoms. The van der Waals surface area contributed by atoms with Crippen molar-refractivity contribution in [1.29, 1.82) is 10.5 Å². The van der Waals surface area contributed by atoms with E-state index < -0.39 is 5.82 Å². The Morgan fingerprint density at radius 2 is 1.28 bits per heavy atom. The number of aliphatic imine (C=N–C) groups is 3. The van der Waals surface area contributed by atoms with Crippen LogP contribution in [0.1, 0.15) is 27.8 Å². The number of amidine groups is 2. The van der Waals surface area contributed by atoms with Gasteiger partial charge in [-0.3, -0.25) is 4.99 Å². The third-order valence-corrected chi connectivity index (χ3v) is 5.38. The molecule has 4 aromatic rings. The minimum Gasteiger partial charge on any atom is -0.270 e. The van der Waals surface area contributed by atoms with Gasteiger partial charge in [0.1, 0.15) is 12.1 Å². The molecule has 0 bridgehead atoms. The van der Waals surface area contributed by atoms with E-state index in [1.807, 2.05) is 84.9 Å². The fraction of sp³-hybridized carbons (Fsp3) is 0.0333. The van der Waals surface area contributed by atoms with Gasteiger partial charge in [0.05, 0.1) is 11.1 Å². The maximum Gasteiger partial charge on any atom is 0.161 e. The van der Waals surface area contributed by atoms with Crippen LogP contribution in [0.4, 0.5) is 4.39 Å². The van der Waals surface area contributed by atoms with Gasteiger partial charge in [-0.25, -0.2) is 14.4 Å². The summed E-state index contributed by atoms with van der Waals surface area (Å²) in [4.78, 5) is 13.8. The van der Waals surface area contributed by atoms with Crippen LogP contribution >= 0.6 is 0 Å². The molecule has 0 heterocycles. The zero-order valence-corrected chi connectivity index (χ0v) is 19.4. The Kier molecular flexibility index (Phi) is 7.51. The highest BCUT2D eigenvalue weighted by atomic mass is 19.1. The maximum absolute atomic E-state index is 14.1. The first-order valence-electron chi connectivity index (χ1n) is 11.1. The molecule has 0 saturated heterocycles. The number of hydrogen-bond donors (Lipinski definition) is 0. The second-order valence-electron chi connectivity index (χ2n) is 7.70. The van der Waals surface area contributed by atoms with Crippen LogP contribution in [0.3, 0.4) is 0 Å². The van der Waals surface area contributed by atoms with Gasteiger partial charge < -0.3 is 0 Å². The van der Waals surface area contributed by atoms with Crippen molar-refractivity contribution in [3.63, 3.8) is 0 Å². The predicted octanol–water partition coefficient (Wildman–Crippen LogP) is 6.18. The van der Waals surface area contributed by atoms with Crippen LogP contribution < -0.4 is 0 Å². The molecule has 0 N–H and O–H groups in total. The molecular weight excluding hydrogens is 449 g/mol. The van der Waals surface area contributed by atoms with E-state index in [9.17, 15) is 14.9 Å². The van der Waals surface area contributed by atoms with Crippen LogP contribution in [0.5, 0.6) is 0 Å². The Balaban J connectivity index is 1.69. The number of nitriles is 2. The van der Waals surface area contributed by atoms with Gasteiger partial charge in [0.25, 0.3) is 0 Å². The van der Waals surface area contributed by atoms with Crippen LogP contribution in [-0.4, -0.2) is 24.9 Å². The van der Waals surface area contributed by atoms with Gasteiger partial charge in [-0.2, -0.15) is 10.5 Å². The van der Waals surface area contributed by atoms with Crippen molar-refractivity contribution in [2.24, 2.45) is 15.0 Å². The molecule has 0 aliphatic heterocycles. The highest BCUT2D eigenvalue weighted by Gasteiger charge is 2.12. The van der Waals surface area contributed by atoms with Gasteiger partial charge >= 0.3 is 0 Å². The summed E-state index contributed by atoms with van der Waals surface area (Å²) < 4.78 is 14.1. The maximum atomic E-state index is 14.1. The summed E-state index contributed by atoms with van der Waals surface area (Å²) in [6.45, 7) is 0. The van der Waals surface area contributed by atoms with E-state index in [0.29, 0.717) is 17.2 Å². The lowest BCUT2D eigenvalue weighted by Gasteiger charge is -2.08. The van der Waals surface area contributed by atoms with Crippen LogP contribution in [0, 0.1) is 28.5 Å². The number of hydrogen-bond acceptors (Lipinski definition) is 3. The Hall–Kier alpha value is -5.20. The monoisotopic (exact) mass is 469 g/mol. The number of nitrogens with zero attached hydrogens (tertiary/aromatic N) is 5. The molecule has 0 unspecified atom stereocenters. The van der Waals surface area contributed by atoms with Crippen molar-refractivity contribution in [1.82, 2.24) is 0 Å². The molecule has 0 aliphatic rings. The van der Waals surface area contributed by atoms with Crippen molar-refractivity contribution in [3.8, 4) is 23.3 Å². The summed E-state index contributed by atoms with van der Waals surface area (Å²) in [6.07, 6.45) is 1.76. The number of rotatable bonds is 4. The number of halogens is 1. The molecule has 0 amide bonds. The minimum atomic E-state index is -0.806. The lowest BCUT2D eigenvalue weighted by Crippen LogP contribution is -2.05. The molecule has 5 nitrogen and oxygen atoms in total. The molecule has 6 heteroatoms. The van der Waals surface area contributed by atoms with E-state index in [0.717, 1.165) is 22.3 Å². The zero-order chi connectivity index (χ0) is 25.3. The normalized spacial score (nSPS) is 11.8. The summed E-state index contributed by atoms with van der Waals surface area (Å²) in [6, 6.07) is 33.2. The quantitative estimate of drug-likeness (QED) is 0.264. The molecule has 0 fully saturated rings. The van der Waals surface area contributed by atoms with Crippen molar-refractivity contribution < 1.29 is 4.39 Å². The van der Waals surface area contributed by atoms with Gasteiger partial charge in [-0.1, -0.05) is 84.9 Å². The summed E-state index contributed by atoms with van der Waals surface area (Å²) in [5.74, 6) is 0.194. The van der Waals surface area contributed by atoms with Crippen molar-refractivity contribution in [2.75, 3.05) is 7.05 Å². The fourth-order valence-corrected chi connectivity index (χ4v) is 3.54. The first kappa shape index (κ1) is 23.9. The molecule has 4 rings (SSSR count). The fourth-order valence-electron chi connectivity index (χ4n) is 3.54. The Morgan fingerprint density at radius 1 is 0.722 bits per heavy atom. The second-order valence-corrected chi connectivity index (χ2v) is 7.70. The standard InChI is InChI=1S/C30H20FN5/c1-34-29(36-30(23-10-6-3-7-11-23)35-20-21-8-4-2-5-9-21)24-14-12-22(13-15-24)25-16-26(18-32)28(31)27(17-25)19-33/h2-17,20H,1H3/b34-29-,35-20+,36-30-. The van der Waals surface area contributed by atoms with E-state index >= 15 is 0 Å². The van der Waals surface area contributed by atoms with E-state index in [1.54, 1.807) is 25.4 Å². The third-order valence-electron chi connectivity index (χ3n) is 5.38. The topological polar surface area (TPSA) is 84.7 Å². The number of benzene rings is 4. The van der Waals surface area contributed by atoms with Crippen molar-refractivity contribution in [2.45, 2.75) is 0 Å². The Morgan fingerprint density at radius 3 is 1.83 bits per heavy atom. The molecule has 0 aliphatic carbocycles. The van der Waals surface area contributed by atoms with E-state index in [1.165, 1.54) is 12.1 Å². The van der Waals surface area contributed by atoms with Gasteiger partial charge in [-0.05, 0) is 28.8 Å². The second kappa shape index (κ2) is 11.3. The van der Waals surface area contributed by atoms with Gasteiger partial charge in [0.2, 0.25) is 0 Å². The van der Waals surface area contributed by atoms with Crippen LogP contribution in [-0.2, 0) is 0 Å². The highest BCUT2D eigenvalue weighted by molar-refractivity contribution is 6.14. The van der Waals surface area contributed by atoms with Gasteiger partial charge in [0.15, 0.2) is 17.5 Å². The average molecular weight is 470 g/mol. The average Bonchev–Trinajstić information content (AvgIpc) is 2.94. The highest BCUT2D eigenvalue weighted by Crippen LogP contribution is 2.25. The smallest absolute Gasteiger partial charge is 0.161 e. The van der Waals surface area contributed by atoms with Gasteiger partial charge in [0, 0.05) is 24.4 Å². The molecule has 0 aromatic heterocycles. The van der Waals surface area contributed by atoms with Crippen molar-refractivity contribution >= 4 is 17.9 Å². The van der Waals surface area contributed by atoms with Gasteiger partial charge in [-0.15, -0.1) is 0 Å².